The first-order valence-electron chi connectivity index (χ1n) is 5.98. The molecule has 0 aromatic heterocycles. The van der Waals surface area contributed by atoms with E-state index in [0.717, 1.165) is 0 Å². The predicted molar refractivity (Wildman–Crippen MR) is 78.4 cm³/mol. The smallest absolute Gasteiger partial charge is 0.211 e. The number of rotatable bonds is 6. The number of carbonyl (C=O) groups excluding carboxylic acids is 4. The third kappa shape index (κ3) is 25.6. The number of aliphatic imine (C=N–C) groups is 4. The van der Waals surface area contributed by atoms with Gasteiger partial charge in [-0.3, -0.25) is 0 Å². The lowest BCUT2D eigenvalue weighted by molar-refractivity contribution is 0.560. The average Bonchev–Trinajstić information content (AvgIpc) is 2.59. The summed E-state index contributed by atoms with van der Waals surface area (Å²) in [6, 6.07) is 12.0. The van der Waals surface area contributed by atoms with Gasteiger partial charge >= 0.3 is 0 Å². The first-order valence-corrected chi connectivity index (χ1v) is 5.98. The third-order valence-corrected chi connectivity index (χ3v) is 1.57. The molecule has 1 rings (SSSR count). The van der Waals surface area contributed by atoms with Gasteiger partial charge < -0.3 is 0 Å². The van der Waals surface area contributed by atoms with Crippen molar-refractivity contribution in [3.63, 3.8) is 0 Å². The second-order valence-electron chi connectivity index (χ2n) is 3.05. The van der Waals surface area contributed by atoms with Crippen LogP contribution in [0.3, 0.4) is 0 Å². The third-order valence-electron chi connectivity index (χ3n) is 1.57. The fraction of sp³-hybridized carbons (Fsp3) is 0.286. The summed E-state index contributed by atoms with van der Waals surface area (Å²) < 4.78 is 0. The number of benzene rings is 1. The molecule has 0 radical (unpaired) electrons. The van der Waals surface area contributed by atoms with E-state index in [-0.39, 0.29) is 26.2 Å². The summed E-state index contributed by atoms with van der Waals surface area (Å²) in [7, 11) is 0. The Morgan fingerprint density at radius 3 is 0.773 bits per heavy atom. The molecule has 0 N–H and O–H groups in total. The SMILES string of the molecule is O=C=NCCN=C=O.O=C=NCCN=C=O.c1ccccc1. The molecule has 114 valence electrons. The summed E-state index contributed by atoms with van der Waals surface area (Å²) >= 11 is 0. The molecule has 0 aliphatic carbocycles. The predicted octanol–water partition coefficient (Wildman–Crippen LogP) is 1.00. The van der Waals surface area contributed by atoms with Crippen molar-refractivity contribution in [3.8, 4) is 0 Å². The number of nitrogens with zero attached hydrogens (tertiary/aromatic N) is 4. The maximum atomic E-state index is 9.34. The monoisotopic (exact) mass is 302 g/mol. The Hall–Kier alpha value is -3.26. The van der Waals surface area contributed by atoms with Crippen LogP contribution in [-0.4, -0.2) is 50.5 Å². The van der Waals surface area contributed by atoms with Gasteiger partial charge in [-0.1, -0.05) is 36.4 Å². The maximum Gasteiger partial charge on any atom is 0.235 e. The summed E-state index contributed by atoms with van der Waals surface area (Å²) in [5.74, 6) is 0. The van der Waals surface area contributed by atoms with Crippen molar-refractivity contribution in [2.75, 3.05) is 26.2 Å². The molecule has 0 spiro atoms. The van der Waals surface area contributed by atoms with Crippen LogP contribution in [0.5, 0.6) is 0 Å². The van der Waals surface area contributed by atoms with E-state index in [2.05, 4.69) is 20.0 Å². The van der Waals surface area contributed by atoms with Crippen molar-refractivity contribution in [1.29, 1.82) is 0 Å². The standard InChI is InChI=1S/C6H6.2C4H4N2O2/c1-2-4-6-5-3-1;2*7-3-5-1-2-6-4-8/h1-6H;2*1-2H2. The molecule has 0 bridgehead atoms. The van der Waals surface area contributed by atoms with E-state index in [9.17, 15) is 19.2 Å². The van der Waals surface area contributed by atoms with Gasteiger partial charge in [-0.25, -0.2) is 39.1 Å². The lowest BCUT2D eigenvalue weighted by atomic mass is 10.4. The number of hydrogen-bond acceptors (Lipinski definition) is 8. The van der Waals surface area contributed by atoms with Gasteiger partial charge in [0.25, 0.3) is 0 Å². The largest absolute Gasteiger partial charge is 0.235 e. The van der Waals surface area contributed by atoms with Gasteiger partial charge in [-0.15, -0.1) is 0 Å². The van der Waals surface area contributed by atoms with Gasteiger partial charge in [0.1, 0.15) is 0 Å². The fourth-order valence-corrected chi connectivity index (χ4v) is 0.767. The highest BCUT2D eigenvalue weighted by Gasteiger charge is 1.74. The highest BCUT2D eigenvalue weighted by molar-refractivity contribution is 5.34. The molecule has 0 amide bonds. The Kier molecular flexibility index (Phi) is 21.9. The topological polar surface area (TPSA) is 118 Å². The van der Waals surface area contributed by atoms with Crippen molar-refractivity contribution in [3.05, 3.63) is 36.4 Å². The van der Waals surface area contributed by atoms with Gasteiger partial charge in [0, 0.05) is 0 Å². The first kappa shape index (κ1) is 21.0. The van der Waals surface area contributed by atoms with Crippen LogP contribution in [0.2, 0.25) is 0 Å². The van der Waals surface area contributed by atoms with Gasteiger partial charge in [0.05, 0.1) is 26.2 Å². The average molecular weight is 302 g/mol. The van der Waals surface area contributed by atoms with Gasteiger partial charge in [0.2, 0.25) is 24.3 Å². The van der Waals surface area contributed by atoms with Crippen LogP contribution in [0.15, 0.2) is 56.4 Å². The van der Waals surface area contributed by atoms with E-state index in [1.54, 1.807) is 0 Å². The molecule has 1 aromatic rings. The molecule has 8 nitrogen and oxygen atoms in total. The Morgan fingerprint density at radius 2 is 0.636 bits per heavy atom. The van der Waals surface area contributed by atoms with Crippen LogP contribution >= 0.6 is 0 Å². The van der Waals surface area contributed by atoms with Gasteiger partial charge in [0.15, 0.2) is 0 Å². The zero-order valence-electron chi connectivity index (χ0n) is 11.7. The molecular formula is C14H14N4O4. The second kappa shape index (κ2) is 22.9. The van der Waals surface area contributed by atoms with Crippen molar-refractivity contribution in [2.24, 2.45) is 20.0 Å². The van der Waals surface area contributed by atoms with Crippen LogP contribution < -0.4 is 0 Å². The number of isocyanates is 4. The zero-order chi connectivity index (χ0) is 16.7. The Morgan fingerprint density at radius 1 is 0.455 bits per heavy atom. The normalized spacial score (nSPS) is 6.91. The molecule has 0 saturated carbocycles. The molecule has 0 aliphatic heterocycles. The van der Waals surface area contributed by atoms with E-state index in [0.29, 0.717) is 0 Å². The van der Waals surface area contributed by atoms with E-state index >= 15 is 0 Å². The summed E-state index contributed by atoms with van der Waals surface area (Å²) in [4.78, 5) is 49.9. The molecule has 0 atom stereocenters. The lowest BCUT2D eigenvalue weighted by Crippen LogP contribution is -1.82. The van der Waals surface area contributed by atoms with Crippen molar-refractivity contribution in [2.45, 2.75) is 0 Å². The summed E-state index contributed by atoms with van der Waals surface area (Å²) in [5, 5.41) is 0. The van der Waals surface area contributed by atoms with E-state index in [4.69, 9.17) is 0 Å². The minimum atomic E-state index is 0.221. The molecule has 8 heteroatoms. The van der Waals surface area contributed by atoms with Gasteiger partial charge in [-0.05, 0) is 0 Å². The minimum absolute atomic E-state index is 0.221. The minimum Gasteiger partial charge on any atom is -0.211 e. The first-order chi connectivity index (χ1) is 10.8. The summed E-state index contributed by atoms with van der Waals surface area (Å²) in [5.41, 5.74) is 0. The molecular weight excluding hydrogens is 288 g/mol. The summed E-state index contributed by atoms with van der Waals surface area (Å²) in [6.07, 6.45) is 5.25. The van der Waals surface area contributed by atoms with Crippen LogP contribution in [0.25, 0.3) is 0 Å². The number of hydrogen-bond donors (Lipinski definition) is 0. The Balaban J connectivity index is 0. The Labute approximate surface area is 127 Å². The van der Waals surface area contributed by atoms with E-state index < -0.39 is 0 Å². The van der Waals surface area contributed by atoms with Gasteiger partial charge in [-0.2, -0.15) is 0 Å². The van der Waals surface area contributed by atoms with E-state index in [1.165, 1.54) is 24.3 Å². The zero-order valence-corrected chi connectivity index (χ0v) is 11.7. The van der Waals surface area contributed by atoms with Crippen LogP contribution in [0, 0.1) is 0 Å². The van der Waals surface area contributed by atoms with Crippen LogP contribution in [0.1, 0.15) is 0 Å². The molecule has 0 saturated heterocycles. The molecule has 0 fully saturated rings. The summed E-state index contributed by atoms with van der Waals surface area (Å²) in [6.45, 7) is 0.884. The lowest BCUT2D eigenvalue weighted by Gasteiger charge is -1.74. The molecule has 0 aliphatic rings. The van der Waals surface area contributed by atoms with Crippen molar-refractivity contribution < 1.29 is 19.2 Å². The fourth-order valence-electron chi connectivity index (χ4n) is 0.767. The van der Waals surface area contributed by atoms with Crippen LogP contribution in [0.4, 0.5) is 0 Å². The molecule has 22 heavy (non-hydrogen) atoms. The van der Waals surface area contributed by atoms with Crippen molar-refractivity contribution >= 4 is 24.3 Å². The molecule has 0 heterocycles. The highest BCUT2D eigenvalue weighted by atomic mass is 16.1. The quantitative estimate of drug-likeness (QED) is 0.442. The molecule has 0 unspecified atom stereocenters. The highest BCUT2D eigenvalue weighted by Crippen LogP contribution is 1.79. The molecule has 1 aromatic carbocycles. The Bertz CT molecular complexity index is 453. The van der Waals surface area contributed by atoms with E-state index in [1.807, 2.05) is 36.4 Å². The maximum absolute atomic E-state index is 9.34. The second-order valence-corrected chi connectivity index (χ2v) is 3.05. The van der Waals surface area contributed by atoms with Crippen LogP contribution in [-0.2, 0) is 19.2 Å². The van der Waals surface area contributed by atoms with Crippen molar-refractivity contribution in [1.82, 2.24) is 0 Å².